The third-order valence-corrected chi connectivity index (χ3v) is 4.69. The summed E-state index contributed by atoms with van der Waals surface area (Å²) in [7, 11) is 0. The molecular formula is C16H19N5OS. The number of amidine groups is 1. The minimum atomic E-state index is -0.347. The standard InChI is InChI=1S/C16H19N5OS/c1-16(5-8-23-15(17)21-16)11-3-2-4-12(9-11)20-14(22)13-10-18-6-7-19-13/h2-4,9-10H,5-8H2,1H3,(H2,17,21)(H,20,22). The summed E-state index contributed by atoms with van der Waals surface area (Å²) in [6.07, 6.45) is 2.43. The van der Waals surface area contributed by atoms with Crippen molar-refractivity contribution in [3.63, 3.8) is 0 Å². The van der Waals surface area contributed by atoms with Crippen LogP contribution in [0.25, 0.3) is 0 Å². The van der Waals surface area contributed by atoms with Gasteiger partial charge in [-0.25, -0.2) is 0 Å². The Bertz CT molecular complexity index is 712. The van der Waals surface area contributed by atoms with Crippen LogP contribution in [0.2, 0.25) is 0 Å². The number of nitrogens with one attached hydrogen (secondary N) is 1. The minimum Gasteiger partial charge on any atom is -0.379 e. The fourth-order valence-electron chi connectivity index (χ4n) is 2.57. The van der Waals surface area contributed by atoms with Crippen LogP contribution in [-0.2, 0) is 10.3 Å². The van der Waals surface area contributed by atoms with E-state index in [1.165, 1.54) is 6.21 Å². The first-order valence-electron chi connectivity index (χ1n) is 7.51. The van der Waals surface area contributed by atoms with Crippen molar-refractivity contribution in [3.05, 3.63) is 29.8 Å². The minimum absolute atomic E-state index is 0.238. The number of rotatable bonds is 3. The molecule has 2 aliphatic rings. The third-order valence-electron chi connectivity index (χ3n) is 3.90. The van der Waals surface area contributed by atoms with Gasteiger partial charge in [0.1, 0.15) is 5.71 Å². The van der Waals surface area contributed by atoms with E-state index >= 15 is 0 Å². The predicted molar refractivity (Wildman–Crippen MR) is 96.8 cm³/mol. The van der Waals surface area contributed by atoms with E-state index in [4.69, 9.17) is 5.73 Å². The third kappa shape index (κ3) is 3.61. The average Bonchev–Trinajstić information content (AvgIpc) is 2.56. The molecule has 0 saturated heterocycles. The van der Waals surface area contributed by atoms with Gasteiger partial charge in [0.2, 0.25) is 0 Å². The van der Waals surface area contributed by atoms with Gasteiger partial charge in [-0.15, -0.1) is 0 Å². The molecule has 0 saturated carbocycles. The molecule has 0 aliphatic carbocycles. The highest BCUT2D eigenvalue weighted by molar-refractivity contribution is 8.13. The van der Waals surface area contributed by atoms with Crippen molar-refractivity contribution in [2.24, 2.45) is 20.7 Å². The van der Waals surface area contributed by atoms with E-state index in [0.29, 0.717) is 24.0 Å². The van der Waals surface area contributed by atoms with E-state index in [0.717, 1.165) is 23.4 Å². The number of hydrogen-bond donors (Lipinski definition) is 2. The number of carbonyl (C=O) groups excluding carboxylic acids is 1. The van der Waals surface area contributed by atoms with E-state index in [9.17, 15) is 4.79 Å². The molecule has 0 fully saturated rings. The van der Waals surface area contributed by atoms with E-state index in [1.54, 1.807) is 11.8 Å². The molecule has 1 aromatic carbocycles. The van der Waals surface area contributed by atoms with Gasteiger partial charge in [0.05, 0.1) is 24.8 Å². The second kappa shape index (κ2) is 6.54. The smallest absolute Gasteiger partial charge is 0.275 e. The lowest BCUT2D eigenvalue weighted by molar-refractivity contribution is -0.110. The number of aliphatic imine (C=N–C) groups is 3. The van der Waals surface area contributed by atoms with Crippen LogP contribution in [0.3, 0.4) is 0 Å². The van der Waals surface area contributed by atoms with Gasteiger partial charge in [0.25, 0.3) is 5.91 Å². The zero-order valence-corrected chi connectivity index (χ0v) is 13.8. The molecule has 120 valence electrons. The van der Waals surface area contributed by atoms with Crippen molar-refractivity contribution in [3.8, 4) is 0 Å². The summed E-state index contributed by atoms with van der Waals surface area (Å²) in [6, 6.07) is 7.74. The summed E-state index contributed by atoms with van der Waals surface area (Å²) in [5.74, 6) is 0.702. The fraction of sp³-hybridized carbons (Fsp3) is 0.375. The molecule has 3 rings (SSSR count). The lowest BCUT2D eigenvalue weighted by Gasteiger charge is -2.30. The molecule has 1 unspecified atom stereocenters. The maximum Gasteiger partial charge on any atom is 0.275 e. The van der Waals surface area contributed by atoms with E-state index in [-0.39, 0.29) is 11.4 Å². The summed E-state index contributed by atoms with van der Waals surface area (Å²) < 4.78 is 0. The Labute approximate surface area is 139 Å². The van der Waals surface area contributed by atoms with Gasteiger partial charge in [-0.1, -0.05) is 23.9 Å². The van der Waals surface area contributed by atoms with Gasteiger partial charge < -0.3 is 11.1 Å². The van der Waals surface area contributed by atoms with Gasteiger partial charge in [0.15, 0.2) is 5.17 Å². The highest BCUT2D eigenvalue weighted by atomic mass is 32.2. The van der Waals surface area contributed by atoms with E-state index in [1.807, 2.05) is 24.3 Å². The summed E-state index contributed by atoms with van der Waals surface area (Å²) in [4.78, 5) is 25.1. The Morgan fingerprint density at radius 2 is 2.26 bits per heavy atom. The Hall–Kier alpha value is -2.15. The van der Waals surface area contributed by atoms with Crippen molar-refractivity contribution in [1.29, 1.82) is 0 Å². The Morgan fingerprint density at radius 3 is 3.00 bits per heavy atom. The van der Waals surface area contributed by atoms with Crippen LogP contribution in [-0.4, -0.2) is 41.8 Å². The maximum atomic E-state index is 12.2. The lowest BCUT2D eigenvalue weighted by atomic mass is 9.89. The van der Waals surface area contributed by atoms with Gasteiger partial charge in [-0.05, 0) is 31.0 Å². The number of hydrogen-bond acceptors (Lipinski definition) is 6. The van der Waals surface area contributed by atoms with Crippen LogP contribution in [0.1, 0.15) is 18.9 Å². The molecule has 3 N–H and O–H groups in total. The first-order valence-corrected chi connectivity index (χ1v) is 8.50. The van der Waals surface area contributed by atoms with Crippen LogP contribution in [0.15, 0.2) is 39.2 Å². The van der Waals surface area contributed by atoms with Crippen molar-refractivity contribution < 1.29 is 4.79 Å². The number of amides is 1. The lowest BCUT2D eigenvalue weighted by Crippen LogP contribution is -2.29. The van der Waals surface area contributed by atoms with E-state index < -0.39 is 0 Å². The Balaban J connectivity index is 1.80. The highest BCUT2D eigenvalue weighted by Gasteiger charge is 2.29. The quantitative estimate of drug-likeness (QED) is 0.886. The second-order valence-corrected chi connectivity index (χ2v) is 6.77. The second-order valence-electron chi connectivity index (χ2n) is 5.66. The summed E-state index contributed by atoms with van der Waals surface area (Å²) >= 11 is 1.58. The SMILES string of the molecule is CC1(c2cccc(NC(=O)C3=NCCN=C3)c2)CCSC(N)=N1. The van der Waals surface area contributed by atoms with Crippen LogP contribution in [0.4, 0.5) is 5.69 Å². The summed E-state index contributed by atoms with van der Waals surface area (Å²) in [6.45, 7) is 3.27. The zero-order chi connectivity index (χ0) is 16.3. The van der Waals surface area contributed by atoms with Gasteiger partial charge in [-0.3, -0.25) is 19.8 Å². The van der Waals surface area contributed by atoms with Gasteiger partial charge in [-0.2, -0.15) is 0 Å². The monoisotopic (exact) mass is 329 g/mol. The molecule has 0 bridgehead atoms. The van der Waals surface area contributed by atoms with Crippen molar-refractivity contribution >= 4 is 40.5 Å². The molecule has 2 heterocycles. The molecule has 1 amide bonds. The van der Waals surface area contributed by atoms with Crippen molar-refractivity contribution in [2.45, 2.75) is 18.9 Å². The average molecular weight is 329 g/mol. The molecule has 1 aromatic rings. The van der Waals surface area contributed by atoms with Crippen molar-refractivity contribution in [2.75, 3.05) is 24.2 Å². The number of nitrogens with two attached hydrogens (primary N) is 1. The fourth-order valence-corrected chi connectivity index (χ4v) is 3.55. The van der Waals surface area contributed by atoms with Gasteiger partial charge in [0, 0.05) is 11.4 Å². The van der Waals surface area contributed by atoms with Crippen LogP contribution in [0.5, 0.6) is 0 Å². The van der Waals surface area contributed by atoms with Crippen LogP contribution < -0.4 is 11.1 Å². The Kier molecular flexibility index (Phi) is 4.47. The first kappa shape index (κ1) is 15.7. The number of benzene rings is 1. The zero-order valence-electron chi connectivity index (χ0n) is 13.0. The highest BCUT2D eigenvalue weighted by Crippen LogP contribution is 2.35. The predicted octanol–water partition coefficient (Wildman–Crippen LogP) is 1.82. The largest absolute Gasteiger partial charge is 0.379 e. The number of thioether (sulfide) groups is 1. The van der Waals surface area contributed by atoms with Crippen LogP contribution in [0, 0.1) is 0 Å². The van der Waals surface area contributed by atoms with Crippen molar-refractivity contribution in [1.82, 2.24) is 0 Å². The normalized spacial score (nSPS) is 23.9. The number of anilines is 1. The summed E-state index contributed by atoms with van der Waals surface area (Å²) in [5.41, 5.74) is 7.66. The molecule has 0 radical (unpaired) electrons. The molecular weight excluding hydrogens is 310 g/mol. The van der Waals surface area contributed by atoms with E-state index in [2.05, 4.69) is 27.2 Å². The molecule has 23 heavy (non-hydrogen) atoms. The molecule has 2 aliphatic heterocycles. The molecule has 1 atom stereocenters. The molecule has 7 heteroatoms. The maximum absolute atomic E-state index is 12.2. The first-order chi connectivity index (χ1) is 11.1. The van der Waals surface area contributed by atoms with Gasteiger partial charge >= 0.3 is 0 Å². The topological polar surface area (TPSA) is 92.2 Å². The number of carbonyl (C=O) groups is 1. The summed E-state index contributed by atoms with van der Waals surface area (Å²) in [5, 5.41) is 3.49. The van der Waals surface area contributed by atoms with Crippen LogP contribution >= 0.6 is 11.8 Å². The molecule has 0 aromatic heterocycles. The molecule has 0 spiro atoms. The number of nitrogens with zero attached hydrogens (tertiary/aromatic N) is 3. The molecule has 6 nitrogen and oxygen atoms in total. The Morgan fingerprint density at radius 1 is 1.39 bits per heavy atom.